The second-order valence-electron chi connectivity index (χ2n) is 6.38. The van der Waals surface area contributed by atoms with Gasteiger partial charge < -0.3 is 19.5 Å². The molecule has 1 atom stereocenters. The molecule has 0 radical (unpaired) electrons. The Balaban J connectivity index is 2.03. The molecule has 3 rings (SSSR count). The quantitative estimate of drug-likeness (QED) is 0.648. The van der Waals surface area contributed by atoms with Gasteiger partial charge >= 0.3 is 0 Å². The summed E-state index contributed by atoms with van der Waals surface area (Å²) in [4.78, 5) is 27.7. The van der Waals surface area contributed by atoms with Gasteiger partial charge in [-0.1, -0.05) is 25.1 Å². The van der Waals surface area contributed by atoms with Gasteiger partial charge in [0.15, 0.2) is 5.76 Å². The fourth-order valence-electron chi connectivity index (χ4n) is 3.19. The smallest absolute Gasteiger partial charge is 0.290 e. The van der Waals surface area contributed by atoms with Crippen LogP contribution in [0, 0.1) is 0 Å². The number of carbonyl (C=O) groups is 2. The lowest BCUT2D eigenvalue weighted by atomic mass is 9.95. The van der Waals surface area contributed by atoms with E-state index in [0.29, 0.717) is 29.4 Å². The van der Waals surface area contributed by atoms with Crippen molar-refractivity contribution in [1.29, 1.82) is 0 Å². The number of hydrogen-bond acceptors (Lipinski definition) is 6. The molecule has 2 aromatic rings. The fourth-order valence-corrected chi connectivity index (χ4v) is 3.87. The number of nitrogens with zero attached hydrogens (tertiary/aromatic N) is 1. The van der Waals surface area contributed by atoms with Crippen LogP contribution in [0.2, 0.25) is 0 Å². The molecule has 0 saturated heterocycles. The Kier molecular flexibility index (Phi) is 6.49. The number of amides is 1. The summed E-state index contributed by atoms with van der Waals surface area (Å²) < 4.78 is 10.8. The number of benzene rings is 1. The van der Waals surface area contributed by atoms with Gasteiger partial charge in [0.2, 0.25) is 5.78 Å². The highest BCUT2D eigenvalue weighted by Crippen LogP contribution is 2.40. The van der Waals surface area contributed by atoms with Gasteiger partial charge in [-0.2, -0.15) is 0 Å². The van der Waals surface area contributed by atoms with Crippen molar-refractivity contribution < 1.29 is 24.2 Å². The lowest BCUT2D eigenvalue weighted by Gasteiger charge is -2.26. The van der Waals surface area contributed by atoms with Crippen molar-refractivity contribution in [3.8, 4) is 5.75 Å². The van der Waals surface area contributed by atoms with Crippen LogP contribution in [0.3, 0.4) is 0 Å². The number of rotatable bonds is 9. The van der Waals surface area contributed by atoms with Crippen LogP contribution in [0.25, 0.3) is 0 Å². The molecular formula is C21H23NO5S. The molecule has 1 aromatic heterocycles. The van der Waals surface area contributed by atoms with Gasteiger partial charge in [-0.05, 0) is 35.6 Å². The monoisotopic (exact) mass is 401 g/mol. The molecule has 1 aliphatic heterocycles. The van der Waals surface area contributed by atoms with E-state index in [1.807, 2.05) is 31.2 Å². The minimum atomic E-state index is -0.692. The Bertz CT molecular complexity index is 875. The summed E-state index contributed by atoms with van der Waals surface area (Å²) in [7, 11) is 1.54. The van der Waals surface area contributed by atoms with Gasteiger partial charge in [0.05, 0.1) is 29.7 Å². The molecule has 1 unspecified atom stereocenters. The first-order valence-electron chi connectivity index (χ1n) is 9.12. The van der Waals surface area contributed by atoms with Crippen LogP contribution in [0.15, 0.2) is 53.1 Å². The van der Waals surface area contributed by atoms with Crippen molar-refractivity contribution in [2.24, 2.45) is 0 Å². The highest BCUT2D eigenvalue weighted by atomic mass is 32.1. The molecule has 28 heavy (non-hydrogen) atoms. The van der Waals surface area contributed by atoms with Crippen molar-refractivity contribution >= 4 is 23.0 Å². The largest absolute Gasteiger partial charge is 0.503 e. The number of carbonyl (C=O) groups excluding carboxylic acids is 2. The number of ketones is 1. The van der Waals surface area contributed by atoms with Crippen LogP contribution in [-0.2, 0) is 9.53 Å². The van der Waals surface area contributed by atoms with Gasteiger partial charge in [-0.3, -0.25) is 9.59 Å². The number of thiophene rings is 1. The molecular weight excluding hydrogens is 378 g/mol. The molecule has 6 nitrogen and oxygen atoms in total. The van der Waals surface area contributed by atoms with E-state index in [1.165, 1.54) is 16.2 Å². The first-order valence-corrected chi connectivity index (χ1v) is 10.0. The topological polar surface area (TPSA) is 76.1 Å². The van der Waals surface area contributed by atoms with E-state index in [4.69, 9.17) is 9.47 Å². The van der Waals surface area contributed by atoms with Gasteiger partial charge in [-0.15, -0.1) is 11.3 Å². The van der Waals surface area contributed by atoms with E-state index >= 15 is 0 Å². The summed E-state index contributed by atoms with van der Waals surface area (Å²) in [5.74, 6) is -0.750. The minimum absolute atomic E-state index is 0.0937. The average molecular weight is 401 g/mol. The maximum Gasteiger partial charge on any atom is 0.290 e. The predicted octanol–water partition coefficient (Wildman–Crippen LogP) is 3.76. The summed E-state index contributed by atoms with van der Waals surface area (Å²) in [6.45, 7) is 3.14. The van der Waals surface area contributed by atoms with Gasteiger partial charge in [0.1, 0.15) is 5.75 Å². The van der Waals surface area contributed by atoms with Gasteiger partial charge in [-0.25, -0.2) is 0 Å². The van der Waals surface area contributed by atoms with Crippen molar-refractivity contribution in [2.75, 3.05) is 26.9 Å². The normalized spacial score (nSPS) is 16.7. The second-order valence-corrected chi connectivity index (χ2v) is 7.33. The Morgan fingerprint density at radius 3 is 2.75 bits per heavy atom. The van der Waals surface area contributed by atoms with Gasteiger partial charge in [0.25, 0.3) is 5.91 Å². The third kappa shape index (κ3) is 3.95. The second kappa shape index (κ2) is 9.03. The zero-order valence-electron chi connectivity index (χ0n) is 15.9. The first-order chi connectivity index (χ1) is 13.6. The number of Topliss-reactive ketones (excluding diaryl/α,β-unsaturated/α-hetero) is 1. The molecule has 0 spiro atoms. The summed E-state index contributed by atoms with van der Waals surface area (Å²) >= 11 is 1.28. The average Bonchev–Trinajstić information content (AvgIpc) is 3.33. The Morgan fingerprint density at radius 1 is 1.25 bits per heavy atom. The highest BCUT2D eigenvalue weighted by molar-refractivity contribution is 7.12. The summed E-state index contributed by atoms with van der Waals surface area (Å²) in [6.07, 6.45) is 0.870. The van der Waals surface area contributed by atoms with Crippen LogP contribution in [0.5, 0.6) is 5.75 Å². The number of aliphatic hydroxyl groups excluding tert-OH is 1. The zero-order chi connectivity index (χ0) is 20.1. The molecule has 0 saturated carbocycles. The Morgan fingerprint density at radius 2 is 2.07 bits per heavy atom. The van der Waals surface area contributed by atoms with Crippen molar-refractivity contribution in [3.05, 3.63) is 63.6 Å². The Hall–Kier alpha value is -2.64. The van der Waals surface area contributed by atoms with E-state index < -0.39 is 17.7 Å². The maximum atomic E-state index is 13.1. The summed E-state index contributed by atoms with van der Waals surface area (Å²) in [5.41, 5.74) is 0.804. The molecule has 0 fully saturated rings. The minimum Gasteiger partial charge on any atom is -0.503 e. The molecule has 0 aliphatic carbocycles. The van der Waals surface area contributed by atoms with E-state index in [2.05, 4.69) is 0 Å². The van der Waals surface area contributed by atoms with Crippen molar-refractivity contribution in [2.45, 2.75) is 19.4 Å². The molecule has 1 aliphatic rings. The van der Waals surface area contributed by atoms with E-state index in [-0.39, 0.29) is 17.9 Å². The molecule has 1 N–H and O–H groups in total. The highest BCUT2D eigenvalue weighted by Gasteiger charge is 2.43. The van der Waals surface area contributed by atoms with Gasteiger partial charge in [0, 0.05) is 13.7 Å². The molecule has 7 heteroatoms. The zero-order valence-corrected chi connectivity index (χ0v) is 16.7. The SMILES string of the molecule is CCCOc1cccc(C2C(C(=O)c3cccs3)=C(O)C(=O)N2CCOC)c1. The van der Waals surface area contributed by atoms with Crippen LogP contribution >= 0.6 is 11.3 Å². The molecule has 1 amide bonds. The van der Waals surface area contributed by atoms with E-state index in [0.717, 1.165) is 6.42 Å². The molecule has 148 valence electrons. The maximum absolute atomic E-state index is 13.1. The van der Waals surface area contributed by atoms with Crippen LogP contribution in [-0.4, -0.2) is 48.6 Å². The Labute approximate surface area is 168 Å². The van der Waals surface area contributed by atoms with Crippen LogP contribution < -0.4 is 4.74 Å². The van der Waals surface area contributed by atoms with E-state index in [1.54, 1.807) is 24.6 Å². The molecule has 0 bridgehead atoms. The lowest BCUT2D eigenvalue weighted by Crippen LogP contribution is -2.34. The summed E-state index contributed by atoms with van der Waals surface area (Å²) in [6, 6.07) is 10.1. The van der Waals surface area contributed by atoms with Crippen LogP contribution in [0.1, 0.15) is 34.6 Å². The number of ether oxygens (including phenoxy) is 2. The molecule has 2 heterocycles. The summed E-state index contributed by atoms with van der Waals surface area (Å²) in [5, 5.41) is 12.3. The fraction of sp³-hybridized carbons (Fsp3) is 0.333. The number of aliphatic hydroxyl groups is 1. The van der Waals surface area contributed by atoms with E-state index in [9.17, 15) is 14.7 Å². The number of methoxy groups -OCH3 is 1. The number of hydrogen-bond donors (Lipinski definition) is 1. The standard InChI is InChI=1S/C21H23NO5S/c1-3-10-27-15-7-4-6-14(13-15)18-17(19(23)16-8-5-12-28-16)20(24)21(25)22(18)9-11-26-2/h4-8,12-13,18,24H,3,9-11H2,1-2H3. The predicted molar refractivity (Wildman–Crippen MR) is 107 cm³/mol. The first kappa shape index (κ1) is 20.1. The lowest BCUT2D eigenvalue weighted by molar-refractivity contribution is -0.130. The third-order valence-corrected chi connectivity index (χ3v) is 5.34. The van der Waals surface area contributed by atoms with Crippen molar-refractivity contribution in [3.63, 3.8) is 0 Å². The third-order valence-electron chi connectivity index (χ3n) is 4.48. The molecule has 1 aromatic carbocycles. The van der Waals surface area contributed by atoms with Crippen LogP contribution in [0.4, 0.5) is 0 Å². The van der Waals surface area contributed by atoms with Crippen molar-refractivity contribution in [1.82, 2.24) is 4.90 Å².